The smallest absolute Gasteiger partial charge is 0.414 e. The van der Waals surface area contributed by atoms with Crippen molar-refractivity contribution in [1.29, 1.82) is 0 Å². The van der Waals surface area contributed by atoms with Gasteiger partial charge in [0.15, 0.2) is 0 Å². The maximum atomic E-state index is 12.1. The van der Waals surface area contributed by atoms with Crippen molar-refractivity contribution in [2.75, 3.05) is 18.1 Å². The van der Waals surface area contributed by atoms with Crippen molar-refractivity contribution in [3.8, 4) is 0 Å². The first-order valence-electron chi connectivity index (χ1n) is 7.03. The lowest BCUT2D eigenvalue weighted by Crippen LogP contribution is -2.34. The molecule has 0 radical (unpaired) electrons. The number of allylic oxidation sites excluding steroid dienone is 1. The minimum absolute atomic E-state index is 0.321. The SMILES string of the molecule is CCOC(=O)N(CCC(O)C1=C=CC=C1)c1ccccc1. The Kier molecular flexibility index (Phi) is 5.38. The summed E-state index contributed by atoms with van der Waals surface area (Å²) < 4.78 is 5.08. The predicted octanol–water partition coefficient (Wildman–Crippen LogP) is 3.05. The molecule has 1 amide bonds. The van der Waals surface area contributed by atoms with E-state index in [1.807, 2.05) is 42.5 Å². The third-order valence-electron chi connectivity index (χ3n) is 3.16. The fourth-order valence-corrected chi connectivity index (χ4v) is 2.09. The fourth-order valence-electron chi connectivity index (χ4n) is 2.09. The van der Waals surface area contributed by atoms with Crippen molar-refractivity contribution in [2.45, 2.75) is 19.4 Å². The number of aliphatic hydroxyl groups is 1. The molecule has 1 aromatic rings. The van der Waals surface area contributed by atoms with Crippen LogP contribution in [0.3, 0.4) is 0 Å². The molecular formula is C17H19NO3. The Morgan fingerprint density at radius 2 is 2.14 bits per heavy atom. The fraction of sp³-hybridized carbons (Fsp3) is 0.294. The quantitative estimate of drug-likeness (QED) is 0.817. The van der Waals surface area contributed by atoms with Crippen LogP contribution in [0.15, 0.2) is 59.9 Å². The number of rotatable bonds is 6. The van der Waals surface area contributed by atoms with Crippen molar-refractivity contribution in [2.24, 2.45) is 0 Å². The van der Waals surface area contributed by atoms with E-state index in [-0.39, 0.29) is 0 Å². The molecule has 1 N–H and O–H groups in total. The highest BCUT2D eigenvalue weighted by Crippen LogP contribution is 2.18. The third-order valence-corrected chi connectivity index (χ3v) is 3.16. The normalized spacial score (nSPS) is 13.9. The minimum atomic E-state index is -0.638. The lowest BCUT2D eigenvalue weighted by atomic mass is 10.1. The highest BCUT2D eigenvalue weighted by molar-refractivity contribution is 5.87. The molecular weight excluding hydrogens is 266 g/mol. The van der Waals surface area contributed by atoms with Gasteiger partial charge in [0.25, 0.3) is 0 Å². The van der Waals surface area contributed by atoms with Gasteiger partial charge >= 0.3 is 6.09 Å². The first-order valence-corrected chi connectivity index (χ1v) is 7.03. The molecule has 1 aliphatic carbocycles. The summed E-state index contributed by atoms with van der Waals surface area (Å²) in [5, 5.41) is 10.1. The summed E-state index contributed by atoms with van der Waals surface area (Å²) in [6.07, 6.45) is 4.80. The number of amides is 1. The zero-order chi connectivity index (χ0) is 15.1. The van der Waals surface area contributed by atoms with Crippen LogP contribution in [0.5, 0.6) is 0 Å². The van der Waals surface area contributed by atoms with Gasteiger partial charge in [0.1, 0.15) is 0 Å². The molecule has 0 aromatic heterocycles. The van der Waals surface area contributed by atoms with Crippen LogP contribution >= 0.6 is 0 Å². The van der Waals surface area contributed by atoms with Gasteiger partial charge in [-0.3, -0.25) is 4.90 Å². The second-order valence-electron chi connectivity index (χ2n) is 4.62. The van der Waals surface area contributed by atoms with Crippen LogP contribution in [0, 0.1) is 0 Å². The van der Waals surface area contributed by atoms with Crippen LogP contribution in [-0.4, -0.2) is 30.5 Å². The largest absolute Gasteiger partial charge is 0.449 e. The van der Waals surface area contributed by atoms with E-state index >= 15 is 0 Å². The summed E-state index contributed by atoms with van der Waals surface area (Å²) >= 11 is 0. The van der Waals surface area contributed by atoms with Crippen molar-refractivity contribution in [3.63, 3.8) is 0 Å². The van der Waals surface area contributed by atoms with E-state index in [2.05, 4.69) is 5.73 Å². The molecule has 0 heterocycles. The lowest BCUT2D eigenvalue weighted by molar-refractivity contribution is 0.157. The first kappa shape index (κ1) is 15.1. The second kappa shape index (κ2) is 7.48. The number of ether oxygens (including phenoxy) is 1. The molecule has 1 unspecified atom stereocenters. The van der Waals surface area contributed by atoms with Gasteiger partial charge in [-0.25, -0.2) is 4.79 Å². The summed E-state index contributed by atoms with van der Waals surface area (Å²) in [6, 6.07) is 9.31. The molecule has 1 aliphatic rings. The van der Waals surface area contributed by atoms with Gasteiger partial charge in [-0.1, -0.05) is 24.3 Å². The molecule has 0 fully saturated rings. The van der Waals surface area contributed by atoms with Crippen LogP contribution in [0.4, 0.5) is 10.5 Å². The summed E-state index contributed by atoms with van der Waals surface area (Å²) in [7, 11) is 0. The molecule has 1 atom stereocenters. The van der Waals surface area contributed by atoms with E-state index in [1.165, 1.54) is 4.90 Å². The van der Waals surface area contributed by atoms with Crippen LogP contribution in [0.25, 0.3) is 0 Å². The average molecular weight is 285 g/mol. The van der Waals surface area contributed by atoms with Crippen LogP contribution in [0.2, 0.25) is 0 Å². The van der Waals surface area contributed by atoms with E-state index in [9.17, 15) is 9.90 Å². The van der Waals surface area contributed by atoms with Crippen molar-refractivity contribution < 1.29 is 14.6 Å². The maximum absolute atomic E-state index is 12.1. The topological polar surface area (TPSA) is 49.8 Å². The Balaban J connectivity index is 2.04. The predicted molar refractivity (Wildman–Crippen MR) is 82.2 cm³/mol. The molecule has 0 saturated carbocycles. The number of anilines is 1. The molecule has 0 bridgehead atoms. The Morgan fingerprint density at radius 1 is 1.38 bits per heavy atom. The number of carbonyl (C=O) groups excluding carboxylic acids is 1. The van der Waals surface area contributed by atoms with Gasteiger partial charge in [0, 0.05) is 17.8 Å². The summed E-state index contributed by atoms with van der Waals surface area (Å²) in [5.41, 5.74) is 4.47. The van der Waals surface area contributed by atoms with Crippen LogP contribution in [0.1, 0.15) is 13.3 Å². The second-order valence-corrected chi connectivity index (χ2v) is 4.62. The number of para-hydroxylation sites is 1. The Labute approximate surface area is 124 Å². The van der Waals surface area contributed by atoms with E-state index in [4.69, 9.17) is 4.74 Å². The number of nitrogens with zero attached hydrogens (tertiary/aromatic N) is 1. The summed E-state index contributed by atoms with van der Waals surface area (Å²) in [4.78, 5) is 13.6. The molecule has 0 spiro atoms. The van der Waals surface area contributed by atoms with Crippen molar-refractivity contribution in [1.82, 2.24) is 0 Å². The molecule has 1 aromatic carbocycles. The van der Waals surface area contributed by atoms with Gasteiger partial charge in [0.05, 0.1) is 12.7 Å². The Morgan fingerprint density at radius 3 is 2.76 bits per heavy atom. The number of carbonyl (C=O) groups is 1. The van der Waals surface area contributed by atoms with E-state index < -0.39 is 12.2 Å². The standard InChI is InChI=1S/C17H19NO3/c1-2-21-17(20)18(15-10-4-3-5-11-15)13-12-16(19)14-8-6-7-9-14/h3-8,10-11,16,19H,2,12-13H2,1H3. The van der Waals surface area contributed by atoms with Gasteiger partial charge < -0.3 is 9.84 Å². The molecule has 0 saturated heterocycles. The highest BCUT2D eigenvalue weighted by atomic mass is 16.6. The van der Waals surface area contributed by atoms with Gasteiger partial charge in [0.2, 0.25) is 0 Å². The minimum Gasteiger partial charge on any atom is -0.449 e. The molecule has 2 rings (SSSR count). The molecule has 4 heteroatoms. The van der Waals surface area contributed by atoms with E-state index in [0.29, 0.717) is 19.6 Å². The maximum Gasteiger partial charge on any atom is 0.414 e. The molecule has 4 nitrogen and oxygen atoms in total. The monoisotopic (exact) mass is 285 g/mol. The van der Waals surface area contributed by atoms with E-state index in [1.54, 1.807) is 13.0 Å². The van der Waals surface area contributed by atoms with Crippen LogP contribution in [-0.2, 0) is 4.74 Å². The third kappa shape index (κ3) is 4.09. The highest BCUT2D eigenvalue weighted by Gasteiger charge is 2.19. The van der Waals surface area contributed by atoms with Gasteiger partial charge in [-0.2, -0.15) is 0 Å². The van der Waals surface area contributed by atoms with E-state index in [0.717, 1.165) is 11.3 Å². The van der Waals surface area contributed by atoms with Crippen LogP contribution < -0.4 is 4.90 Å². The lowest BCUT2D eigenvalue weighted by Gasteiger charge is -2.23. The summed E-state index contributed by atoms with van der Waals surface area (Å²) in [5.74, 6) is 0. The molecule has 0 aliphatic heterocycles. The number of hydrogen-bond acceptors (Lipinski definition) is 3. The average Bonchev–Trinajstić information content (AvgIpc) is 3.03. The van der Waals surface area contributed by atoms with Gasteiger partial charge in [-0.15, -0.1) is 5.73 Å². The first-order chi connectivity index (χ1) is 10.2. The zero-order valence-corrected chi connectivity index (χ0v) is 12.0. The number of benzene rings is 1. The number of hydrogen-bond donors (Lipinski definition) is 1. The summed E-state index contributed by atoms with van der Waals surface area (Å²) in [6.45, 7) is 2.47. The van der Waals surface area contributed by atoms with Crippen molar-refractivity contribution >= 4 is 11.8 Å². The zero-order valence-electron chi connectivity index (χ0n) is 12.0. The molecule has 21 heavy (non-hydrogen) atoms. The number of aliphatic hydroxyl groups excluding tert-OH is 1. The van der Waals surface area contributed by atoms with Gasteiger partial charge in [-0.05, 0) is 37.6 Å². The molecule has 110 valence electrons. The Bertz CT molecular complexity index is 571. The van der Waals surface area contributed by atoms with Crippen molar-refractivity contribution in [3.05, 3.63) is 59.9 Å². The Hall–Kier alpha value is -2.29.